The Hall–Kier alpha value is -1.36. The van der Waals surface area contributed by atoms with E-state index in [9.17, 15) is 9.59 Å². The van der Waals surface area contributed by atoms with Crippen molar-refractivity contribution in [1.29, 1.82) is 0 Å². The van der Waals surface area contributed by atoms with E-state index in [-0.39, 0.29) is 18.0 Å². The molecular formula is C35H67NO4. The van der Waals surface area contributed by atoms with E-state index in [1.165, 1.54) is 103 Å². The van der Waals surface area contributed by atoms with Crippen molar-refractivity contribution >= 4 is 11.9 Å². The molecule has 236 valence electrons. The minimum absolute atomic E-state index is 0.00898. The molecule has 0 heterocycles. The molecule has 0 spiro atoms. The van der Waals surface area contributed by atoms with Gasteiger partial charge in [-0.05, 0) is 84.8 Å². The first-order valence-electron chi connectivity index (χ1n) is 17.1. The van der Waals surface area contributed by atoms with E-state index >= 15 is 0 Å². The Morgan fingerprint density at radius 3 is 1.60 bits per heavy atom. The van der Waals surface area contributed by atoms with Gasteiger partial charge < -0.3 is 14.7 Å². The number of hydrogen-bond donors (Lipinski definition) is 1. The molecule has 0 aromatic carbocycles. The lowest BCUT2D eigenvalue weighted by Gasteiger charge is -2.18. The molecule has 0 amide bonds. The first-order valence-corrected chi connectivity index (χ1v) is 17.1. The maximum absolute atomic E-state index is 12.4. The average molecular weight is 566 g/mol. The van der Waals surface area contributed by atoms with Gasteiger partial charge in [0, 0.05) is 6.42 Å². The molecule has 0 saturated heterocycles. The van der Waals surface area contributed by atoms with Crippen LogP contribution in [0, 0.1) is 5.92 Å². The molecule has 0 aromatic rings. The third-order valence-electron chi connectivity index (χ3n) is 7.91. The van der Waals surface area contributed by atoms with Crippen LogP contribution in [0.5, 0.6) is 0 Å². The lowest BCUT2D eigenvalue weighted by atomic mass is 10.0. The summed E-state index contributed by atoms with van der Waals surface area (Å²) in [5, 5.41) is 8.91. The maximum Gasteiger partial charge on any atom is 0.306 e. The number of nitrogens with zero attached hydrogens (tertiary/aromatic N) is 1. The second kappa shape index (κ2) is 29.1. The Balaban J connectivity index is 3.88. The standard InChI is InChI=1S/C35H67NO4/c1-5-6-7-8-17-21-24-28-33(40-34(37)30-26-31-36(3)4)29-25-22-19-16-14-12-10-9-11-13-15-18-20-23-27-32(2)35(38)39/h10,12,32-33H,5-9,11,13-31H2,1-4H3,(H,38,39)/b12-10-. The van der Waals surface area contributed by atoms with Crippen LogP contribution < -0.4 is 0 Å². The van der Waals surface area contributed by atoms with E-state index in [0.29, 0.717) is 6.42 Å². The molecule has 0 aromatic heterocycles. The topological polar surface area (TPSA) is 66.8 Å². The predicted octanol–water partition coefficient (Wildman–Crippen LogP) is 10.1. The van der Waals surface area contributed by atoms with Gasteiger partial charge in [0.1, 0.15) is 6.10 Å². The molecule has 0 saturated carbocycles. The first-order chi connectivity index (χ1) is 19.4. The Morgan fingerprint density at radius 2 is 1.12 bits per heavy atom. The molecule has 0 fully saturated rings. The number of esters is 1. The van der Waals surface area contributed by atoms with Crippen molar-refractivity contribution < 1.29 is 19.4 Å². The molecule has 40 heavy (non-hydrogen) atoms. The second-order valence-electron chi connectivity index (χ2n) is 12.3. The Labute approximate surface area is 248 Å². The number of rotatable bonds is 30. The van der Waals surface area contributed by atoms with Gasteiger partial charge in [0.2, 0.25) is 0 Å². The van der Waals surface area contributed by atoms with Crippen LogP contribution in [-0.4, -0.2) is 48.7 Å². The largest absolute Gasteiger partial charge is 0.481 e. The van der Waals surface area contributed by atoms with Gasteiger partial charge in [-0.2, -0.15) is 0 Å². The fourth-order valence-corrected chi connectivity index (χ4v) is 5.14. The molecule has 0 aliphatic rings. The SMILES string of the molecule is CCCCCCCCCC(CCCCCC/C=C\CCCCCCCCC(C)C(=O)O)OC(=O)CCCN(C)C. The quantitative estimate of drug-likeness (QED) is 0.0533. The van der Waals surface area contributed by atoms with E-state index in [4.69, 9.17) is 9.84 Å². The third-order valence-corrected chi connectivity index (χ3v) is 7.91. The van der Waals surface area contributed by atoms with Crippen LogP contribution in [-0.2, 0) is 14.3 Å². The molecule has 0 radical (unpaired) electrons. The van der Waals surface area contributed by atoms with Gasteiger partial charge in [-0.25, -0.2) is 0 Å². The van der Waals surface area contributed by atoms with Gasteiger partial charge in [0.25, 0.3) is 0 Å². The molecule has 0 aliphatic carbocycles. The van der Waals surface area contributed by atoms with Crippen LogP contribution in [0.3, 0.4) is 0 Å². The zero-order valence-electron chi connectivity index (χ0n) is 27.1. The highest BCUT2D eigenvalue weighted by Gasteiger charge is 2.14. The monoisotopic (exact) mass is 566 g/mol. The van der Waals surface area contributed by atoms with Crippen LogP contribution in [0.4, 0.5) is 0 Å². The highest BCUT2D eigenvalue weighted by molar-refractivity contribution is 5.69. The van der Waals surface area contributed by atoms with Crippen molar-refractivity contribution in [3.8, 4) is 0 Å². The lowest BCUT2D eigenvalue weighted by molar-refractivity contribution is -0.150. The van der Waals surface area contributed by atoms with Crippen LogP contribution in [0.1, 0.15) is 168 Å². The summed E-state index contributed by atoms with van der Waals surface area (Å²) in [6.45, 7) is 5.00. The minimum Gasteiger partial charge on any atom is -0.481 e. The number of hydrogen-bond acceptors (Lipinski definition) is 4. The second-order valence-corrected chi connectivity index (χ2v) is 12.3. The smallest absolute Gasteiger partial charge is 0.306 e. The Morgan fingerprint density at radius 1 is 0.675 bits per heavy atom. The number of ether oxygens (including phenoxy) is 1. The zero-order chi connectivity index (χ0) is 29.7. The summed E-state index contributed by atoms with van der Waals surface area (Å²) < 4.78 is 5.92. The lowest BCUT2D eigenvalue weighted by Crippen LogP contribution is -2.20. The Bertz CT molecular complexity index is 604. The van der Waals surface area contributed by atoms with E-state index < -0.39 is 5.97 Å². The van der Waals surface area contributed by atoms with E-state index in [1.807, 2.05) is 14.1 Å². The van der Waals surface area contributed by atoms with Crippen molar-refractivity contribution in [2.24, 2.45) is 5.92 Å². The molecule has 5 heteroatoms. The normalized spacial score (nSPS) is 13.2. The van der Waals surface area contributed by atoms with E-state index in [1.54, 1.807) is 6.92 Å². The number of allylic oxidation sites excluding steroid dienone is 2. The number of aliphatic carboxylic acids is 1. The van der Waals surface area contributed by atoms with Gasteiger partial charge in [-0.3, -0.25) is 9.59 Å². The van der Waals surface area contributed by atoms with Crippen molar-refractivity contribution in [2.45, 2.75) is 174 Å². The third kappa shape index (κ3) is 28.2. The van der Waals surface area contributed by atoms with Gasteiger partial charge in [0.05, 0.1) is 5.92 Å². The highest BCUT2D eigenvalue weighted by atomic mass is 16.5. The van der Waals surface area contributed by atoms with Crippen LogP contribution in [0.25, 0.3) is 0 Å². The molecule has 0 aliphatic heterocycles. The van der Waals surface area contributed by atoms with Crippen LogP contribution >= 0.6 is 0 Å². The molecule has 2 unspecified atom stereocenters. The molecule has 1 N–H and O–H groups in total. The van der Waals surface area contributed by atoms with Crippen LogP contribution in [0.2, 0.25) is 0 Å². The summed E-state index contributed by atoms with van der Waals surface area (Å²) >= 11 is 0. The number of carboxylic acids is 1. The number of carbonyl (C=O) groups is 2. The molecule has 5 nitrogen and oxygen atoms in total. The maximum atomic E-state index is 12.4. The van der Waals surface area contributed by atoms with Crippen LogP contribution in [0.15, 0.2) is 12.2 Å². The first kappa shape index (κ1) is 38.6. The highest BCUT2D eigenvalue weighted by Crippen LogP contribution is 2.18. The number of carbonyl (C=O) groups excluding carboxylic acids is 1. The summed E-state index contributed by atoms with van der Waals surface area (Å²) in [5.74, 6) is -0.876. The molecule has 2 atom stereocenters. The summed E-state index contributed by atoms with van der Waals surface area (Å²) in [5.41, 5.74) is 0. The zero-order valence-corrected chi connectivity index (χ0v) is 27.1. The van der Waals surface area contributed by atoms with Crippen molar-refractivity contribution in [1.82, 2.24) is 4.90 Å². The van der Waals surface area contributed by atoms with Gasteiger partial charge >= 0.3 is 11.9 Å². The number of carboxylic acid groups (broad SMARTS) is 1. The van der Waals surface area contributed by atoms with Crippen molar-refractivity contribution in [2.75, 3.05) is 20.6 Å². The van der Waals surface area contributed by atoms with Gasteiger partial charge in [0.15, 0.2) is 0 Å². The fourth-order valence-electron chi connectivity index (χ4n) is 5.14. The summed E-state index contributed by atoms with van der Waals surface area (Å²) in [4.78, 5) is 25.3. The summed E-state index contributed by atoms with van der Waals surface area (Å²) in [6, 6.07) is 0. The van der Waals surface area contributed by atoms with Crippen molar-refractivity contribution in [3.05, 3.63) is 12.2 Å². The number of unbranched alkanes of at least 4 members (excludes halogenated alkanes) is 16. The van der Waals surface area contributed by atoms with Crippen molar-refractivity contribution in [3.63, 3.8) is 0 Å². The van der Waals surface area contributed by atoms with E-state index in [0.717, 1.165) is 51.5 Å². The molecular weight excluding hydrogens is 498 g/mol. The fraction of sp³-hybridized carbons (Fsp3) is 0.886. The summed E-state index contributed by atoms with van der Waals surface area (Å²) in [6.07, 6.45) is 32.6. The van der Waals surface area contributed by atoms with Gasteiger partial charge in [-0.1, -0.05) is 109 Å². The molecule has 0 bridgehead atoms. The Kier molecular flexibility index (Phi) is 28.2. The average Bonchev–Trinajstić information content (AvgIpc) is 2.91. The minimum atomic E-state index is -0.668. The van der Waals surface area contributed by atoms with E-state index in [2.05, 4.69) is 24.0 Å². The molecule has 0 rings (SSSR count). The predicted molar refractivity (Wildman–Crippen MR) is 171 cm³/mol. The van der Waals surface area contributed by atoms with Gasteiger partial charge in [-0.15, -0.1) is 0 Å². The summed E-state index contributed by atoms with van der Waals surface area (Å²) in [7, 11) is 4.09.